The van der Waals surface area contributed by atoms with Gasteiger partial charge in [0.25, 0.3) is 5.91 Å². The minimum absolute atomic E-state index is 0.102. The van der Waals surface area contributed by atoms with Crippen molar-refractivity contribution < 1.29 is 9.59 Å². The number of fused-ring (bicyclic) bond motifs is 1. The van der Waals surface area contributed by atoms with E-state index in [9.17, 15) is 9.59 Å². The van der Waals surface area contributed by atoms with Crippen molar-refractivity contribution in [2.45, 2.75) is 19.8 Å². The van der Waals surface area contributed by atoms with Gasteiger partial charge in [-0.3, -0.25) is 9.78 Å². The summed E-state index contributed by atoms with van der Waals surface area (Å²) in [5, 5.41) is 4.01. The van der Waals surface area contributed by atoms with Gasteiger partial charge in [-0.2, -0.15) is 0 Å². The van der Waals surface area contributed by atoms with Crippen LogP contribution in [0.1, 0.15) is 29.3 Å². The highest BCUT2D eigenvalue weighted by Gasteiger charge is 2.19. The van der Waals surface area contributed by atoms with Crippen LogP contribution in [0.2, 0.25) is 0 Å². The molecule has 1 aromatic heterocycles. The highest BCUT2D eigenvalue weighted by atomic mass is 16.1. The lowest BCUT2D eigenvalue weighted by atomic mass is 9.92. The molecular weight excluding hydrogens is 372 g/mol. The molecule has 0 bridgehead atoms. The quantitative estimate of drug-likeness (QED) is 0.458. The van der Waals surface area contributed by atoms with Crippen molar-refractivity contribution in [3.8, 4) is 11.1 Å². The van der Waals surface area contributed by atoms with E-state index in [2.05, 4.69) is 10.3 Å². The highest BCUT2D eigenvalue weighted by Crippen LogP contribution is 2.29. The fourth-order valence-corrected chi connectivity index (χ4v) is 3.64. The number of Topliss-reactive ketones (excluding diaryl/α,β-unsaturated/α-hetero) is 1. The Hall–Kier alpha value is -3.79. The normalized spacial score (nSPS) is 10.7. The standard InChI is InChI=1S/C26H22N2O2/c1-18(29)15-16-20-10-5-13-22(19-8-3-2-4-9-19)24(20)26(30)28-23-14-6-11-21-12-7-17-27-25(21)23/h2-14,17H,15-16H2,1H3,(H,28,30). The number of amides is 1. The fourth-order valence-electron chi connectivity index (χ4n) is 3.64. The van der Waals surface area contributed by atoms with E-state index < -0.39 is 0 Å². The number of aromatic nitrogens is 1. The number of rotatable bonds is 6. The van der Waals surface area contributed by atoms with E-state index in [0.717, 1.165) is 27.6 Å². The van der Waals surface area contributed by atoms with Gasteiger partial charge in [0, 0.05) is 18.0 Å². The average molecular weight is 394 g/mol. The third-order valence-electron chi connectivity index (χ3n) is 5.09. The molecule has 1 amide bonds. The van der Waals surface area contributed by atoms with Gasteiger partial charge in [-0.15, -0.1) is 0 Å². The first-order valence-electron chi connectivity index (χ1n) is 9.95. The van der Waals surface area contributed by atoms with Crippen molar-refractivity contribution in [1.29, 1.82) is 0 Å². The van der Waals surface area contributed by atoms with Crippen LogP contribution in [0.25, 0.3) is 22.0 Å². The molecule has 0 aliphatic carbocycles. The van der Waals surface area contributed by atoms with E-state index >= 15 is 0 Å². The number of benzene rings is 3. The molecule has 0 unspecified atom stereocenters. The molecule has 0 radical (unpaired) electrons. The summed E-state index contributed by atoms with van der Waals surface area (Å²) in [6.07, 6.45) is 2.63. The van der Waals surface area contributed by atoms with Crippen LogP contribution in [-0.2, 0) is 11.2 Å². The molecule has 148 valence electrons. The molecule has 0 saturated carbocycles. The Morgan fingerprint density at radius 2 is 1.63 bits per heavy atom. The van der Waals surface area contributed by atoms with E-state index in [4.69, 9.17) is 0 Å². The van der Waals surface area contributed by atoms with Crippen molar-refractivity contribution >= 4 is 28.3 Å². The van der Waals surface area contributed by atoms with Gasteiger partial charge in [-0.1, -0.05) is 66.7 Å². The Bertz CT molecular complexity index is 1210. The molecule has 30 heavy (non-hydrogen) atoms. The van der Waals surface area contributed by atoms with E-state index in [1.165, 1.54) is 0 Å². The molecule has 4 aromatic rings. The van der Waals surface area contributed by atoms with Crippen molar-refractivity contribution in [3.63, 3.8) is 0 Å². The Balaban J connectivity index is 1.79. The highest BCUT2D eigenvalue weighted by molar-refractivity contribution is 6.12. The van der Waals surface area contributed by atoms with Gasteiger partial charge in [0.1, 0.15) is 5.78 Å². The predicted octanol–water partition coefficient (Wildman–Crippen LogP) is 5.68. The topological polar surface area (TPSA) is 59.1 Å². The van der Waals surface area contributed by atoms with Gasteiger partial charge in [0.2, 0.25) is 0 Å². The Morgan fingerprint density at radius 3 is 2.43 bits per heavy atom. The summed E-state index contributed by atoms with van der Waals surface area (Å²) in [5.74, 6) is -0.101. The van der Waals surface area contributed by atoms with Crippen LogP contribution in [0.5, 0.6) is 0 Å². The van der Waals surface area contributed by atoms with Gasteiger partial charge < -0.3 is 10.1 Å². The molecule has 4 nitrogen and oxygen atoms in total. The number of nitrogens with one attached hydrogen (secondary N) is 1. The van der Waals surface area contributed by atoms with E-state index in [0.29, 0.717) is 24.1 Å². The summed E-state index contributed by atoms with van der Waals surface area (Å²) in [6, 6.07) is 25.2. The summed E-state index contributed by atoms with van der Waals surface area (Å²) in [5.41, 5.74) is 4.68. The molecule has 0 atom stereocenters. The summed E-state index contributed by atoms with van der Waals surface area (Å²) < 4.78 is 0. The lowest BCUT2D eigenvalue weighted by molar-refractivity contribution is -0.116. The second kappa shape index (κ2) is 8.70. The molecule has 0 spiro atoms. The molecule has 4 heteroatoms. The number of pyridine rings is 1. The molecule has 1 N–H and O–H groups in total. The van der Waals surface area contributed by atoms with Crippen molar-refractivity contribution in [2.75, 3.05) is 5.32 Å². The van der Waals surface area contributed by atoms with E-state index in [1.54, 1.807) is 13.1 Å². The number of anilines is 1. The summed E-state index contributed by atoms with van der Waals surface area (Å²) >= 11 is 0. The van der Waals surface area contributed by atoms with Crippen LogP contribution in [0.4, 0.5) is 5.69 Å². The number of para-hydroxylation sites is 1. The maximum absolute atomic E-state index is 13.5. The Morgan fingerprint density at radius 1 is 0.867 bits per heavy atom. The SMILES string of the molecule is CC(=O)CCc1cccc(-c2ccccc2)c1C(=O)Nc1cccc2cccnc12. The largest absolute Gasteiger partial charge is 0.320 e. The molecule has 0 saturated heterocycles. The van der Waals surface area contributed by atoms with Gasteiger partial charge in [-0.25, -0.2) is 0 Å². The van der Waals surface area contributed by atoms with Crippen molar-refractivity contribution in [3.05, 3.63) is 96.2 Å². The second-order valence-corrected chi connectivity index (χ2v) is 7.24. The fraction of sp³-hybridized carbons (Fsp3) is 0.115. The number of hydrogen-bond donors (Lipinski definition) is 1. The number of ketones is 1. The predicted molar refractivity (Wildman–Crippen MR) is 121 cm³/mol. The zero-order chi connectivity index (χ0) is 20.9. The smallest absolute Gasteiger partial charge is 0.256 e. The Kier molecular flexibility index (Phi) is 5.66. The third-order valence-corrected chi connectivity index (χ3v) is 5.09. The molecule has 3 aromatic carbocycles. The van der Waals surface area contributed by atoms with E-state index in [1.807, 2.05) is 78.9 Å². The number of aryl methyl sites for hydroxylation is 1. The van der Waals surface area contributed by atoms with Crippen molar-refractivity contribution in [2.24, 2.45) is 0 Å². The van der Waals surface area contributed by atoms with Gasteiger partial charge in [0.05, 0.1) is 16.8 Å². The third kappa shape index (κ3) is 4.13. The van der Waals surface area contributed by atoms with Crippen molar-refractivity contribution in [1.82, 2.24) is 4.98 Å². The lowest BCUT2D eigenvalue weighted by Crippen LogP contribution is -2.16. The van der Waals surface area contributed by atoms with Gasteiger partial charge in [0.15, 0.2) is 0 Å². The number of hydrogen-bond acceptors (Lipinski definition) is 3. The Labute approximate surface area is 175 Å². The monoisotopic (exact) mass is 394 g/mol. The van der Waals surface area contributed by atoms with E-state index in [-0.39, 0.29) is 11.7 Å². The first-order valence-corrected chi connectivity index (χ1v) is 9.95. The average Bonchev–Trinajstić information content (AvgIpc) is 2.78. The molecule has 1 heterocycles. The lowest BCUT2D eigenvalue weighted by Gasteiger charge is -2.16. The first-order chi connectivity index (χ1) is 14.6. The van der Waals surface area contributed by atoms with Crippen LogP contribution in [-0.4, -0.2) is 16.7 Å². The van der Waals surface area contributed by atoms with Crippen LogP contribution >= 0.6 is 0 Å². The second-order valence-electron chi connectivity index (χ2n) is 7.24. The number of carbonyl (C=O) groups excluding carboxylic acids is 2. The number of nitrogens with zero attached hydrogens (tertiary/aromatic N) is 1. The van der Waals surface area contributed by atoms with Crippen LogP contribution in [0, 0.1) is 0 Å². The molecule has 0 fully saturated rings. The molecule has 4 rings (SSSR count). The minimum Gasteiger partial charge on any atom is -0.320 e. The molecule has 0 aliphatic rings. The van der Waals surface area contributed by atoms with Crippen LogP contribution in [0.15, 0.2) is 85.1 Å². The summed E-state index contributed by atoms with van der Waals surface area (Å²) in [6.45, 7) is 1.57. The van der Waals surface area contributed by atoms with Gasteiger partial charge >= 0.3 is 0 Å². The maximum Gasteiger partial charge on any atom is 0.256 e. The number of carbonyl (C=O) groups is 2. The van der Waals surface area contributed by atoms with Crippen LogP contribution < -0.4 is 5.32 Å². The minimum atomic E-state index is -0.203. The molecular formula is C26H22N2O2. The summed E-state index contributed by atoms with van der Waals surface area (Å²) in [7, 11) is 0. The van der Waals surface area contributed by atoms with Gasteiger partial charge in [-0.05, 0) is 42.2 Å². The van der Waals surface area contributed by atoms with Crippen LogP contribution in [0.3, 0.4) is 0 Å². The molecule has 0 aliphatic heterocycles. The zero-order valence-corrected chi connectivity index (χ0v) is 16.8. The maximum atomic E-state index is 13.5. The zero-order valence-electron chi connectivity index (χ0n) is 16.8. The first kappa shape index (κ1) is 19.5. The summed E-state index contributed by atoms with van der Waals surface area (Å²) in [4.78, 5) is 29.5.